The molecule has 0 spiro atoms. The first kappa shape index (κ1) is 16.9. The first-order valence-corrected chi connectivity index (χ1v) is 8.29. The van der Waals surface area contributed by atoms with Gasteiger partial charge in [-0.1, -0.05) is 6.08 Å². The number of hydrogen-bond acceptors (Lipinski definition) is 5. The molecule has 0 radical (unpaired) electrons. The van der Waals surface area contributed by atoms with E-state index < -0.39 is 0 Å². The molecule has 1 saturated heterocycles. The average molecular weight is 339 g/mol. The highest BCUT2D eigenvalue weighted by molar-refractivity contribution is 5.74. The van der Waals surface area contributed by atoms with Gasteiger partial charge in [-0.2, -0.15) is 0 Å². The fourth-order valence-corrected chi connectivity index (χ4v) is 2.67. The van der Waals surface area contributed by atoms with Crippen LogP contribution < -0.4 is 10.1 Å². The maximum Gasteiger partial charge on any atom is 0.317 e. The maximum atomic E-state index is 11.9. The molecular weight excluding hydrogens is 318 g/mol. The van der Waals surface area contributed by atoms with E-state index in [1.54, 1.807) is 35.8 Å². The molecule has 1 aliphatic heterocycles. The van der Waals surface area contributed by atoms with E-state index in [4.69, 9.17) is 4.74 Å². The van der Waals surface area contributed by atoms with Crippen molar-refractivity contribution in [1.29, 1.82) is 0 Å². The maximum absolute atomic E-state index is 11.9. The van der Waals surface area contributed by atoms with Gasteiger partial charge >= 0.3 is 12.0 Å². The van der Waals surface area contributed by atoms with E-state index in [0.29, 0.717) is 25.6 Å². The highest BCUT2D eigenvalue weighted by atomic mass is 16.5. The van der Waals surface area contributed by atoms with Crippen LogP contribution in [0.1, 0.15) is 12.8 Å². The Morgan fingerprint density at radius 2 is 1.92 bits per heavy atom. The molecule has 130 valence electrons. The zero-order chi connectivity index (χ0) is 17.5. The Balaban J connectivity index is 1.51. The van der Waals surface area contributed by atoms with Crippen molar-refractivity contribution in [2.24, 2.45) is 0 Å². The van der Waals surface area contributed by atoms with Gasteiger partial charge in [-0.3, -0.25) is 4.98 Å². The standard InChI is InChI=1S/C18H21N5O2/c1-2-7-20-18(24)23-10-5-16(6-11-23)25-17-21-12-15(13-22-17)14-3-8-19-9-4-14/h2-4,8-9,12-13,16H,1,5-7,10-11H2,(H,20,24). The number of ether oxygens (including phenoxy) is 1. The molecular formula is C18H21N5O2. The van der Waals surface area contributed by atoms with E-state index in [0.717, 1.165) is 24.0 Å². The third-order valence-electron chi connectivity index (χ3n) is 4.04. The Labute approximate surface area is 146 Å². The number of rotatable bonds is 5. The molecule has 2 amide bonds. The van der Waals surface area contributed by atoms with Crippen molar-refractivity contribution in [3.8, 4) is 17.1 Å². The van der Waals surface area contributed by atoms with Crippen LogP contribution in [0, 0.1) is 0 Å². The lowest BCUT2D eigenvalue weighted by Crippen LogP contribution is -2.46. The van der Waals surface area contributed by atoms with Gasteiger partial charge in [0.25, 0.3) is 0 Å². The second-order valence-electron chi connectivity index (χ2n) is 5.77. The minimum Gasteiger partial charge on any atom is -0.460 e. The summed E-state index contributed by atoms with van der Waals surface area (Å²) in [5, 5.41) is 2.79. The summed E-state index contributed by atoms with van der Waals surface area (Å²) in [4.78, 5) is 26.2. The van der Waals surface area contributed by atoms with Crippen LogP contribution in [0.4, 0.5) is 4.79 Å². The number of nitrogens with one attached hydrogen (secondary N) is 1. The Hall–Kier alpha value is -2.96. The summed E-state index contributed by atoms with van der Waals surface area (Å²) in [6.07, 6.45) is 10.2. The molecule has 0 unspecified atom stereocenters. The number of carbonyl (C=O) groups excluding carboxylic acids is 1. The predicted molar refractivity (Wildman–Crippen MR) is 94.1 cm³/mol. The third kappa shape index (κ3) is 4.53. The van der Waals surface area contributed by atoms with Crippen molar-refractivity contribution < 1.29 is 9.53 Å². The zero-order valence-corrected chi connectivity index (χ0v) is 14.0. The van der Waals surface area contributed by atoms with Gasteiger partial charge in [0, 0.05) is 62.8 Å². The number of pyridine rings is 1. The van der Waals surface area contributed by atoms with Gasteiger partial charge < -0.3 is 15.0 Å². The molecule has 1 fully saturated rings. The van der Waals surface area contributed by atoms with Gasteiger partial charge in [0.15, 0.2) is 0 Å². The van der Waals surface area contributed by atoms with Crippen LogP contribution in [0.2, 0.25) is 0 Å². The molecule has 7 heteroatoms. The van der Waals surface area contributed by atoms with Gasteiger partial charge in [-0.25, -0.2) is 14.8 Å². The minimum absolute atomic E-state index is 0.0234. The molecule has 2 aromatic heterocycles. The minimum atomic E-state index is -0.0590. The summed E-state index contributed by atoms with van der Waals surface area (Å²) < 4.78 is 5.85. The van der Waals surface area contributed by atoms with Crippen molar-refractivity contribution in [2.75, 3.05) is 19.6 Å². The van der Waals surface area contributed by atoms with E-state index >= 15 is 0 Å². The van der Waals surface area contributed by atoms with Crippen LogP contribution in [0.5, 0.6) is 6.01 Å². The lowest BCUT2D eigenvalue weighted by Gasteiger charge is -2.31. The quantitative estimate of drug-likeness (QED) is 0.845. The smallest absolute Gasteiger partial charge is 0.317 e. The Morgan fingerprint density at radius 1 is 1.24 bits per heavy atom. The van der Waals surface area contributed by atoms with Gasteiger partial charge in [-0.05, 0) is 17.7 Å². The van der Waals surface area contributed by atoms with E-state index in [9.17, 15) is 4.79 Å². The summed E-state index contributed by atoms with van der Waals surface area (Å²) in [6.45, 7) is 5.38. The third-order valence-corrected chi connectivity index (χ3v) is 4.04. The van der Waals surface area contributed by atoms with Gasteiger partial charge in [-0.15, -0.1) is 6.58 Å². The first-order valence-electron chi connectivity index (χ1n) is 8.29. The molecule has 3 heterocycles. The number of piperidine rings is 1. The van der Waals surface area contributed by atoms with Gasteiger partial charge in [0.05, 0.1) is 0 Å². The fourth-order valence-electron chi connectivity index (χ4n) is 2.67. The number of carbonyl (C=O) groups is 1. The molecule has 0 aliphatic carbocycles. The summed E-state index contributed by atoms with van der Waals surface area (Å²) in [6, 6.07) is 4.13. The van der Waals surface area contributed by atoms with Crippen LogP contribution in [-0.4, -0.2) is 51.6 Å². The molecule has 25 heavy (non-hydrogen) atoms. The molecule has 0 atom stereocenters. The number of amides is 2. The lowest BCUT2D eigenvalue weighted by molar-refractivity contribution is 0.103. The van der Waals surface area contributed by atoms with Crippen molar-refractivity contribution >= 4 is 6.03 Å². The van der Waals surface area contributed by atoms with Gasteiger partial charge in [0.1, 0.15) is 6.10 Å². The van der Waals surface area contributed by atoms with Crippen molar-refractivity contribution in [1.82, 2.24) is 25.2 Å². The van der Waals surface area contributed by atoms with Crippen molar-refractivity contribution in [3.05, 3.63) is 49.6 Å². The molecule has 0 bridgehead atoms. The summed E-state index contributed by atoms with van der Waals surface area (Å²) >= 11 is 0. The monoisotopic (exact) mass is 339 g/mol. The number of hydrogen-bond donors (Lipinski definition) is 1. The molecule has 1 N–H and O–H groups in total. The van der Waals surface area contributed by atoms with E-state index in [-0.39, 0.29) is 12.1 Å². The van der Waals surface area contributed by atoms with Crippen molar-refractivity contribution in [3.63, 3.8) is 0 Å². The summed E-state index contributed by atoms with van der Waals surface area (Å²) in [5.41, 5.74) is 1.93. The average Bonchev–Trinajstić information content (AvgIpc) is 2.68. The normalized spacial score (nSPS) is 14.8. The van der Waals surface area contributed by atoms with Crippen LogP contribution in [0.15, 0.2) is 49.6 Å². The van der Waals surface area contributed by atoms with Crippen LogP contribution in [0.3, 0.4) is 0 Å². The molecule has 2 aromatic rings. The Kier molecular flexibility index (Phi) is 5.56. The topological polar surface area (TPSA) is 80.2 Å². The predicted octanol–water partition coefficient (Wildman–Crippen LogP) is 2.28. The summed E-state index contributed by atoms with van der Waals surface area (Å²) in [7, 11) is 0. The second-order valence-corrected chi connectivity index (χ2v) is 5.77. The first-order chi connectivity index (χ1) is 12.3. The number of aromatic nitrogens is 3. The lowest BCUT2D eigenvalue weighted by atomic mass is 10.1. The second kappa shape index (κ2) is 8.23. The zero-order valence-electron chi connectivity index (χ0n) is 14.0. The van der Waals surface area contributed by atoms with E-state index in [2.05, 4.69) is 26.8 Å². The Bertz CT molecular complexity index is 697. The fraction of sp³-hybridized carbons (Fsp3) is 0.333. The largest absolute Gasteiger partial charge is 0.460 e. The molecule has 3 rings (SSSR count). The van der Waals surface area contributed by atoms with E-state index in [1.807, 2.05) is 12.1 Å². The summed E-state index contributed by atoms with van der Waals surface area (Å²) in [5.74, 6) is 0. The van der Waals surface area contributed by atoms with E-state index in [1.165, 1.54) is 0 Å². The van der Waals surface area contributed by atoms with Crippen LogP contribution in [0.25, 0.3) is 11.1 Å². The molecule has 0 saturated carbocycles. The SMILES string of the molecule is C=CCNC(=O)N1CCC(Oc2ncc(-c3ccncc3)cn2)CC1. The highest BCUT2D eigenvalue weighted by Crippen LogP contribution is 2.19. The van der Waals surface area contributed by atoms with Gasteiger partial charge in [0.2, 0.25) is 0 Å². The molecule has 1 aliphatic rings. The van der Waals surface area contributed by atoms with Crippen LogP contribution >= 0.6 is 0 Å². The Morgan fingerprint density at radius 3 is 2.56 bits per heavy atom. The van der Waals surface area contributed by atoms with Crippen LogP contribution in [-0.2, 0) is 0 Å². The molecule has 7 nitrogen and oxygen atoms in total. The number of nitrogens with zero attached hydrogens (tertiary/aromatic N) is 4. The molecule has 0 aromatic carbocycles. The van der Waals surface area contributed by atoms with Crippen molar-refractivity contribution in [2.45, 2.75) is 18.9 Å². The number of urea groups is 1. The number of likely N-dealkylation sites (tertiary alicyclic amines) is 1. The highest BCUT2D eigenvalue weighted by Gasteiger charge is 2.24.